The van der Waals surface area contributed by atoms with Crippen LogP contribution in [0.25, 0.3) is 0 Å². The molecular weight excluding hydrogens is 314 g/mol. The van der Waals surface area contributed by atoms with E-state index in [-0.39, 0.29) is 0 Å². The van der Waals surface area contributed by atoms with Crippen molar-refractivity contribution in [2.24, 2.45) is 0 Å². The maximum absolute atomic E-state index is 5.24. The van der Waals surface area contributed by atoms with Crippen LogP contribution in [0.2, 0.25) is 0 Å². The fraction of sp³-hybridized carbons (Fsp3) is 0. The molecule has 3 rings (SSSR count). The van der Waals surface area contributed by atoms with Crippen molar-refractivity contribution in [2.45, 2.75) is 0 Å². The number of nitrogens with zero attached hydrogens (tertiary/aromatic N) is 2. The van der Waals surface area contributed by atoms with Gasteiger partial charge in [-0.2, -0.15) is 9.36 Å². The molecule has 0 unspecified atom stereocenters. The van der Waals surface area contributed by atoms with Gasteiger partial charge in [0.05, 0.1) is 0 Å². The van der Waals surface area contributed by atoms with Crippen LogP contribution in [-0.2, 0) is 0 Å². The van der Waals surface area contributed by atoms with Gasteiger partial charge in [0.15, 0.2) is 5.11 Å². The minimum absolute atomic E-state index is 0.454. The van der Waals surface area contributed by atoms with Crippen molar-refractivity contribution in [3.05, 3.63) is 60.7 Å². The Morgan fingerprint density at radius 2 is 1.50 bits per heavy atom. The van der Waals surface area contributed by atoms with Crippen molar-refractivity contribution in [1.29, 1.82) is 0 Å². The number of aromatic nitrogens is 2. The van der Waals surface area contributed by atoms with Gasteiger partial charge in [0.2, 0.25) is 11.1 Å². The van der Waals surface area contributed by atoms with E-state index in [0.717, 1.165) is 11.4 Å². The summed E-state index contributed by atoms with van der Waals surface area (Å²) in [6.07, 6.45) is 0. The third-order valence-corrected chi connectivity index (χ3v) is 3.54. The molecule has 3 N–H and O–H groups in total. The van der Waals surface area contributed by atoms with Gasteiger partial charge in [-0.05, 0) is 36.5 Å². The van der Waals surface area contributed by atoms with E-state index in [1.807, 2.05) is 60.7 Å². The molecule has 0 atom stereocenters. The molecule has 0 bridgehead atoms. The van der Waals surface area contributed by atoms with Crippen LogP contribution in [0, 0.1) is 0 Å². The highest BCUT2D eigenvalue weighted by atomic mass is 32.1. The molecule has 1 heterocycles. The Labute approximate surface area is 137 Å². The number of hydrogen-bond acceptors (Lipinski definition) is 5. The van der Waals surface area contributed by atoms with Crippen molar-refractivity contribution >= 4 is 51.3 Å². The van der Waals surface area contributed by atoms with Gasteiger partial charge in [-0.25, -0.2) is 0 Å². The van der Waals surface area contributed by atoms with Crippen molar-refractivity contribution in [1.82, 2.24) is 9.36 Å². The summed E-state index contributed by atoms with van der Waals surface area (Å²) in [4.78, 5) is 4.34. The first-order valence-electron chi connectivity index (χ1n) is 6.58. The van der Waals surface area contributed by atoms with E-state index in [9.17, 15) is 0 Å². The second kappa shape index (κ2) is 6.97. The van der Waals surface area contributed by atoms with Gasteiger partial charge in [0.25, 0.3) is 0 Å². The van der Waals surface area contributed by atoms with Crippen LogP contribution < -0.4 is 16.0 Å². The molecule has 110 valence electrons. The topological polar surface area (TPSA) is 61.9 Å². The van der Waals surface area contributed by atoms with E-state index in [0.29, 0.717) is 16.2 Å². The van der Waals surface area contributed by atoms with E-state index in [4.69, 9.17) is 12.2 Å². The smallest absolute Gasteiger partial charge is 0.242 e. The molecule has 0 aliphatic rings. The Balaban J connectivity index is 1.58. The van der Waals surface area contributed by atoms with Crippen LogP contribution >= 0.6 is 23.8 Å². The zero-order valence-electron chi connectivity index (χ0n) is 11.5. The average molecular weight is 327 g/mol. The normalized spacial score (nSPS) is 10.0. The number of para-hydroxylation sites is 2. The molecule has 0 spiro atoms. The molecule has 0 radical (unpaired) electrons. The maximum Gasteiger partial charge on any atom is 0.242 e. The lowest BCUT2D eigenvalue weighted by Gasteiger charge is -2.07. The zero-order chi connectivity index (χ0) is 15.2. The molecule has 3 aromatic rings. The molecule has 5 nitrogen and oxygen atoms in total. The van der Waals surface area contributed by atoms with E-state index in [1.54, 1.807) is 0 Å². The quantitative estimate of drug-likeness (QED) is 0.627. The van der Waals surface area contributed by atoms with Crippen LogP contribution in [0.15, 0.2) is 60.7 Å². The summed E-state index contributed by atoms with van der Waals surface area (Å²) in [5.41, 5.74) is 1.88. The summed E-state index contributed by atoms with van der Waals surface area (Å²) < 4.78 is 4.22. The van der Waals surface area contributed by atoms with Crippen molar-refractivity contribution < 1.29 is 0 Å². The molecule has 0 saturated carbocycles. The van der Waals surface area contributed by atoms with Gasteiger partial charge in [0, 0.05) is 22.9 Å². The molecule has 0 saturated heterocycles. The third kappa shape index (κ3) is 4.00. The number of nitrogens with one attached hydrogen (secondary N) is 3. The lowest BCUT2D eigenvalue weighted by Crippen LogP contribution is -2.19. The Kier molecular flexibility index (Phi) is 4.57. The molecule has 7 heteroatoms. The SMILES string of the molecule is S=C(Nc1ccccc1)Nc1nsc(Nc2ccccc2)n1. The monoisotopic (exact) mass is 327 g/mol. The van der Waals surface area contributed by atoms with Crippen LogP contribution in [-0.4, -0.2) is 14.5 Å². The van der Waals surface area contributed by atoms with Crippen LogP contribution in [0.3, 0.4) is 0 Å². The summed E-state index contributed by atoms with van der Waals surface area (Å²) >= 11 is 6.51. The van der Waals surface area contributed by atoms with Gasteiger partial charge in [0.1, 0.15) is 0 Å². The van der Waals surface area contributed by atoms with E-state index >= 15 is 0 Å². The van der Waals surface area contributed by atoms with Gasteiger partial charge in [-0.1, -0.05) is 36.4 Å². The number of benzene rings is 2. The fourth-order valence-corrected chi connectivity index (χ4v) is 2.51. The third-order valence-electron chi connectivity index (χ3n) is 2.71. The van der Waals surface area contributed by atoms with Gasteiger partial charge >= 0.3 is 0 Å². The molecule has 0 fully saturated rings. The Bertz CT molecular complexity index is 743. The van der Waals surface area contributed by atoms with Gasteiger partial charge in [-0.15, -0.1) is 0 Å². The molecule has 22 heavy (non-hydrogen) atoms. The number of anilines is 4. The minimum atomic E-state index is 0.454. The molecule has 1 aromatic heterocycles. The first-order chi connectivity index (χ1) is 10.8. The first kappa shape index (κ1) is 14.4. The van der Waals surface area contributed by atoms with Gasteiger partial charge in [-0.3, -0.25) is 0 Å². The average Bonchev–Trinajstić information content (AvgIpc) is 2.96. The van der Waals surface area contributed by atoms with Crippen molar-refractivity contribution in [2.75, 3.05) is 16.0 Å². The highest BCUT2D eigenvalue weighted by Gasteiger charge is 2.06. The molecule has 0 aliphatic heterocycles. The molecule has 0 aliphatic carbocycles. The highest BCUT2D eigenvalue weighted by molar-refractivity contribution is 7.80. The number of hydrogen-bond donors (Lipinski definition) is 3. The summed E-state index contributed by atoms with van der Waals surface area (Å²) in [5.74, 6) is 0.469. The Morgan fingerprint density at radius 3 is 2.18 bits per heavy atom. The van der Waals surface area contributed by atoms with Crippen molar-refractivity contribution in [3.8, 4) is 0 Å². The number of rotatable bonds is 4. The van der Waals surface area contributed by atoms with Crippen LogP contribution in [0.4, 0.5) is 22.5 Å². The van der Waals surface area contributed by atoms with Crippen molar-refractivity contribution in [3.63, 3.8) is 0 Å². The Morgan fingerprint density at radius 1 is 0.864 bits per heavy atom. The summed E-state index contributed by atoms with van der Waals surface area (Å²) in [6, 6.07) is 19.5. The summed E-state index contributed by atoms with van der Waals surface area (Å²) in [7, 11) is 0. The molecule has 2 aromatic carbocycles. The first-order valence-corrected chi connectivity index (χ1v) is 7.76. The predicted octanol–water partition coefficient (Wildman–Crippen LogP) is 4.09. The second-order valence-corrected chi connectivity index (χ2v) is 5.52. The van der Waals surface area contributed by atoms with Crippen LogP contribution in [0.1, 0.15) is 0 Å². The largest absolute Gasteiger partial charge is 0.332 e. The lowest BCUT2D eigenvalue weighted by atomic mass is 10.3. The van der Waals surface area contributed by atoms with E-state index in [1.165, 1.54) is 11.5 Å². The standard InChI is InChI=1S/C15H13N5S2/c21-14(16-11-7-3-1-4-8-11)18-13-19-15(22-20-13)17-12-9-5-2-6-10-12/h1-10H,(H3,16,17,18,19,20,21). The second-order valence-electron chi connectivity index (χ2n) is 4.36. The van der Waals surface area contributed by atoms with E-state index < -0.39 is 0 Å². The maximum atomic E-state index is 5.24. The molecular formula is C15H13N5S2. The highest BCUT2D eigenvalue weighted by Crippen LogP contribution is 2.20. The van der Waals surface area contributed by atoms with Gasteiger partial charge < -0.3 is 16.0 Å². The fourth-order valence-electron chi connectivity index (χ4n) is 1.76. The van der Waals surface area contributed by atoms with E-state index in [2.05, 4.69) is 25.3 Å². The Hall–Kier alpha value is -2.51. The number of thiocarbonyl (C=S) groups is 1. The minimum Gasteiger partial charge on any atom is -0.332 e. The summed E-state index contributed by atoms with van der Waals surface area (Å²) in [5, 5.41) is 10.4. The zero-order valence-corrected chi connectivity index (χ0v) is 13.1. The van der Waals surface area contributed by atoms with Crippen LogP contribution in [0.5, 0.6) is 0 Å². The predicted molar refractivity (Wildman–Crippen MR) is 95.9 cm³/mol. The molecule has 0 amide bonds. The summed E-state index contributed by atoms with van der Waals surface area (Å²) in [6.45, 7) is 0. The lowest BCUT2D eigenvalue weighted by molar-refractivity contribution is 1.31.